The zero-order valence-corrected chi connectivity index (χ0v) is 15.0. The minimum Gasteiger partial charge on any atom is -0.480 e. The number of hydrogen-bond donors (Lipinski definition) is 2. The van der Waals surface area contributed by atoms with Gasteiger partial charge in [-0.15, -0.1) is 0 Å². The van der Waals surface area contributed by atoms with Crippen molar-refractivity contribution in [2.24, 2.45) is 0 Å². The molecule has 0 aliphatic carbocycles. The first kappa shape index (κ1) is 20.2. The number of rotatable bonds is 11. The highest BCUT2D eigenvalue weighted by atomic mass is 16.4. The Balaban J connectivity index is 2.09. The fourth-order valence-corrected chi connectivity index (χ4v) is 2.59. The number of nitrogens with one attached hydrogen (secondary N) is 1. The van der Waals surface area contributed by atoms with Crippen molar-refractivity contribution in [3.05, 3.63) is 35.4 Å². The Bertz CT molecular complexity index is 512. The summed E-state index contributed by atoms with van der Waals surface area (Å²) in [5.41, 5.74) is 2.51. The van der Waals surface area contributed by atoms with Gasteiger partial charge in [0, 0.05) is 13.0 Å². The lowest BCUT2D eigenvalue weighted by molar-refractivity contribution is -0.142. The van der Waals surface area contributed by atoms with Gasteiger partial charge in [0.1, 0.15) is 6.04 Å². The lowest BCUT2D eigenvalue weighted by atomic mass is 10.1. The number of carboxylic acids is 1. The van der Waals surface area contributed by atoms with Crippen molar-refractivity contribution in [2.75, 3.05) is 20.6 Å². The fourth-order valence-electron chi connectivity index (χ4n) is 2.59. The predicted octanol–water partition coefficient (Wildman–Crippen LogP) is 2.62. The Hall–Kier alpha value is -1.88. The second kappa shape index (κ2) is 10.8. The number of carbonyl (C=O) groups excluding carboxylic acids is 1. The Kier molecular flexibility index (Phi) is 9.08. The number of nitrogens with zero attached hydrogens (tertiary/aromatic N) is 1. The van der Waals surface area contributed by atoms with Gasteiger partial charge in [-0.1, -0.05) is 29.8 Å². The highest BCUT2D eigenvalue weighted by Crippen LogP contribution is 2.08. The van der Waals surface area contributed by atoms with Gasteiger partial charge in [-0.3, -0.25) is 14.5 Å². The standard InChI is InChI=1S/C19H30N2O3/c1-15-10-12-16(13-11-15)7-6-9-18(22)20-14-5-4-8-17(19(23)24)21(2)3/h10-13,17H,4-9,14H2,1-3H3,(H,20,22)(H,23,24). The summed E-state index contributed by atoms with van der Waals surface area (Å²) in [5.74, 6) is -0.718. The van der Waals surface area contributed by atoms with Crippen molar-refractivity contribution in [3.63, 3.8) is 0 Å². The third kappa shape index (κ3) is 8.11. The van der Waals surface area contributed by atoms with Crippen LogP contribution in [0.4, 0.5) is 0 Å². The van der Waals surface area contributed by atoms with Gasteiger partial charge in [-0.25, -0.2) is 0 Å². The molecule has 0 radical (unpaired) electrons. The van der Waals surface area contributed by atoms with Gasteiger partial charge in [0.15, 0.2) is 0 Å². The van der Waals surface area contributed by atoms with Gasteiger partial charge in [0.2, 0.25) is 5.91 Å². The van der Waals surface area contributed by atoms with E-state index in [9.17, 15) is 9.59 Å². The van der Waals surface area contributed by atoms with Gasteiger partial charge < -0.3 is 10.4 Å². The van der Waals surface area contributed by atoms with E-state index in [0.29, 0.717) is 19.4 Å². The Labute approximate surface area is 145 Å². The number of carboxylic acid groups (broad SMARTS) is 1. The zero-order chi connectivity index (χ0) is 17.9. The number of hydrogen-bond acceptors (Lipinski definition) is 3. The molecule has 0 saturated heterocycles. The minimum absolute atomic E-state index is 0.0736. The molecule has 1 amide bonds. The second-order valence-electron chi connectivity index (χ2n) is 6.50. The Morgan fingerprint density at radius 3 is 2.38 bits per heavy atom. The molecule has 0 bridgehead atoms. The van der Waals surface area contributed by atoms with Crippen LogP contribution in [-0.4, -0.2) is 48.6 Å². The van der Waals surface area contributed by atoms with Crippen LogP contribution in [0.5, 0.6) is 0 Å². The van der Waals surface area contributed by atoms with E-state index in [1.54, 1.807) is 19.0 Å². The van der Waals surface area contributed by atoms with Crippen LogP contribution in [0.3, 0.4) is 0 Å². The van der Waals surface area contributed by atoms with Gasteiger partial charge >= 0.3 is 5.97 Å². The van der Waals surface area contributed by atoms with E-state index in [-0.39, 0.29) is 5.91 Å². The van der Waals surface area contributed by atoms with Crippen LogP contribution >= 0.6 is 0 Å². The van der Waals surface area contributed by atoms with Crippen LogP contribution in [0.2, 0.25) is 0 Å². The molecule has 0 aliphatic rings. The summed E-state index contributed by atoms with van der Waals surface area (Å²) in [4.78, 5) is 24.6. The van der Waals surface area contributed by atoms with Crippen LogP contribution in [0.1, 0.15) is 43.2 Å². The minimum atomic E-state index is -0.792. The van der Waals surface area contributed by atoms with Crippen molar-refractivity contribution >= 4 is 11.9 Å². The first-order valence-electron chi connectivity index (χ1n) is 8.61. The van der Waals surface area contributed by atoms with Gasteiger partial charge in [0.05, 0.1) is 0 Å². The van der Waals surface area contributed by atoms with Gasteiger partial charge in [-0.05, 0) is 58.7 Å². The first-order valence-corrected chi connectivity index (χ1v) is 8.61. The maximum Gasteiger partial charge on any atom is 0.320 e. The average molecular weight is 334 g/mol. The summed E-state index contributed by atoms with van der Waals surface area (Å²) in [5, 5.41) is 12.0. The third-order valence-corrected chi connectivity index (χ3v) is 4.12. The summed E-state index contributed by atoms with van der Waals surface area (Å²) in [6, 6.07) is 7.95. The van der Waals surface area contributed by atoms with Gasteiger partial charge in [-0.2, -0.15) is 0 Å². The molecule has 0 aromatic heterocycles. The van der Waals surface area contributed by atoms with Crippen LogP contribution in [-0.2, 0) is 16.0 Å². The molecule has 0 heterocycles. The van der Waals surface area contributed by atoms with Crippen LogP contribution in [0, 0.1) is 6.92 Å². The number of likely N-dealkylation sites (N-methyl/N-ethyl adjacent to an activating group) is 1. The fraction of sp³-hybridized carbons (Fsp3) is 0.579. The molecule has 0 spiro atoms. The Morgan fingerprint density at radius 2 is 1.79 bits per heavy atom. The van der Waals surface area contributed by atoms with E-state index >= 15 is 0 Å². The molecule has 5 heteroatoms. The van der Waals surface area contributed by atoms with Crippen molar-refractivity contribution in [2.45, 2.75) is 51.5 Å². The molecule has 0 saturated carbocycles. The van der Waals surface area contributed by atoms with Crippen molar-refractivity contribution in [1.29, 1.82) is 0 Å². The van der Waals surface area contributed by atoms with Crippen molar-refractivity contribution in [3.8, 4) is 0 Å². The quantitative estimate of drug-likeness (QED) is 0.610. The number of aryl methyl sites for hydroxylation is 2. The lowest BCUT2D eigenvalue weighted by Crippen LogP contribution is -2.35. The van der Waals surface area contributed by atoms with E-state index in [2.05, 4.69) is 36.5 Å². The monoisotopic (exact) mass is 334 g/mol. The molecule has 2 N–H and O–H groups in total. The summed E-state index contributed by atoms with van der Waals surface area (Å²) in [6.07, 6.45) is 4.49. The molecular weight excluding hydrogens is 304 g/mol. The van der Waals surface area contributed by atoms with E-state index in [4.69, 9.17) is 5.11 Å². The number of carbonyl (C=O) groups is 2. The predicted molar refractivity (Wildman–Crippen MR) is 96.1 cm³/mol. The Morgan fingerprint density at radius 1 is 1.12 bits per heavy atom. The van der Waals surface area contributed by atoms with Crippen molar-refractivity contribution < 1.29 is 14.7 Å². The maximum atomic E-state index is 11.8. The second-order valence-corrected chi connectivity index (χ2v) is 6.50. The number of unbranched alkanes of at least 4 members (excludes halogenated alkanes) is 1. The summed E-state index contributed by atoms with van der Waals surface area (Å²) in [6.45, 7) is 2.68. The molecule has 1 atom stereocenters. The molecule has 1 aromatic carbocycles. The van der Waals surface area contributed by atoms with E-state index < -0.39 is 12.0 Å². The number of aliphatic carboxylic acids is 1. The number of amides is 1. The molecule has 1 unspecified atom stereocenters. The molecule has 0 aliphatic heterocycles. The molecule has 0 fully saturated rings. The normalized spacial score (nSPS) is 12.2. The highest BCUT2D eigenvalue weighted by Gasteiger charge is 2.18. The zero-order valence-electron chi connectivity index (χ0n) is 15.0. The van der Waals surface area contributed by atoms with E-state index in [0.717, 1.165) is 25.7 Å². The lowest BCUT2D eigenvalue weighted by Gasteiger charge is -2.19. The maximum absolute atomic E-state index is 11.8. The molecular formula is C19H30N2O3. The smallest absolute Gasteiger partial charge is 0.320 e. The van der Waals surface area contributed by atoms with Crippen LogP contribution in [0.15, 0.2) is 24.3 Å². The molecule has 24 heavy (non-hydrogen) atoms. The largest absolute Gasteiger partial charge is 0.480 e. The SMILES string of the molecule is Cc1ccc(CCCC(=O)NCCCCC(C(=O)O)N(C)C)cc1. The molecule has 134 valence electrons. The highest BCUT2D eigenvalue weighted by molar-refractivity contribution is 5.75. The van der Waals surface area contributed by atoms with Crippen LogP contribution in [0.25, 0.3) is 0 Å². The number of benzene rings is 1. The van der Waals surface area contributed by atoms with E-state index in [1.165, 1.54) is 11.1 Å². The molecule has 5 nitrogen and oxygen atoms in total. The molecule has 1 aromatic rings. The van der Waals surface area contributed by atoms with Crippen LogP contribution < -0.4 is 5.32 Å². The topological polar surface area (TPSA) is 69.6 Å². The average Bonchev–Trinajstić information content (AvgIpc) is 2.52. The van der Waals surface area contributed by atoms with Gasteiger partial charge in [0.25, 0.3) is 0 Å². The molecule has 1 rings (SSSR count). The summed E-state index contributed by atoms with van der Waals surface area (Å²) in [7, 11) is 3.54. The van der Waals surface area contributed by atoms with E-state index in [1.807, 2.05) is 0 Å². The summed E-state index contributed by atoms with van der Waals surface area (Å²) < 4.78 is 0. The third-order valence-electron chi connectivity index (χ3n) is 4.12. The summed E-state index contributed by atoms with van der Waals surface area (Å²) >= 11 is 0. The van der Waals surface area contributed by atoms with Crippen molar-refractivity contribution in [1.82, 2.24) is 10.2 Å². The first-order chi connectivity index (χ1) is 11.4.